The highest BCUT2D eigenvalue weighted by Gasteiger charge is 2.40. The zero-order chi connectivity index (χ0) is 11.6. The predicted molar refractivity (Wildman–Crippen MR) is 62.1 cm³/mol. The molecule has 1 aliphatic rings. The number of methoxy groups -OCH3 is 1. The molecule has 88 valence electrons. The molecule has 1 fully saturated rings. The Kier molecular flexibility index (Phi) is 3.06. The number of benzene rings is 1. The first-order valence-electron chi connectivity index (χ1n) is 5.69. The summed E-state index contributed by atoms with van der Waals surface area (Å²) in [5.74, 6) is 1.50. The summed E-state index contributed by atoms with van der Waals surface area (Å²) in [4.78, 5) is 0. The first kappa shape index (κ1) is 11.3. The zero-order valence-corrected chi connectivity index (χ0v) is 9.82. The van der Waals surface area contributed by atoms with E-state index in [0.717, 1.165) is 29.9 Å². The maximum Gasteiger partial charge on any atom is 0.161 e. The average molecular weight is 222 g/mol. The molecule has 3 nitrogen and oxygen atoms in total. The van der Waals surface area contributed by atoms with Crippen LogP contribution < -0.4 is 9.47 Å². The van der Waals surface area contributed by atoms with Crippen molar-refractivity contribution < 1.29 is 14.6 Å². The molecule has 0 aliphatic heterocycles. The van der Waals surface area contributed by atoms with Crippen LogP contribution in [0.2, 0.25) is 0 Å². The third-order valence-electron chi connectivity index (χ3n) is 2.89. The summed E-state index contributed by atoms with van der Waals surface area (Å²) in [7, 11) is 1.63. The molecule has 0 aromatic heterocycles. The smallest absolute Gasteiger partial charge is 0.161 e. The van der Waals surface area contributed by atoms with Crippen molar-refractivity contribution >= 4 is 0 Å². The van der Waals surface area contributed by atoms with E-state index in [2.05, 4.69) is 0 Å². The van der Waals surface area contributed by atoms with Gasteiger partial charge in [-0.1, -0.05) is 6.07 Å². The lowest BCUT2D eigenvalue weighted by atomic mass is 10.1. The molecule has 3 heteroatoms. The molecule has 0 radical (unpaired) electrons. The second-order valence-electron chi connectivity index (χ2n) is 4.32. The fraction of sp³-hybridized carbons (Fsp3) is 0.538. The fourth-order valence-electron chi connectivity index (χ4n) is 1.80. The van der Waals surface area contributed by atoms with Crippen LogP contribution in [-0.2, 0) is 6.42 Å². The number of ether oxygens (including phenoxy) is 2. The summed E-state index contributed by atoms with van der Waals surface area (Å²) in [6.45, 7) is 2.56. The summed E-state index contributed by atoms with van der Waals surface area (Å²) < 4.78 is 10.7. The first-order valence-corrected chi connectivity index (χ1v) is 5.69. The van der Waals surface area contributed by atoms with Gasteiger partial charge in [0.05, 0.1) is 19.3 Å². The van der Waals surface area contributed by atoms with E-state index >= 15 is 0 Å². The van der Waals surface area contributed by atoms with Gasteiger partial charge in [0.1, 0.15) is 0 Å². The van der Waals surface area contributed by atoms with Crippen LogP contribution in [0.5, 0.6) is 11.5 Å². The topological polar surface area (TPSA) is 38.7 Å². The molecule has 2 rings (SSSR count). The highest BCUT2D eigenvalue weighted by molar-refractivity contribution is 5.43. The van der Waals surface area contributed by atoms with Crippen molar-refractivity contribution in [3.8, 4) is 11.5 Å². The van der Waals surface area contributed by atoms with E-state index in [-0.39, 0.29) is 0 Å². The van der Waals surface area contributed by atoms with Gasteiger partial charge < -0.3 is 14.6 Å². The Labute approximate surface area is 96.0 Å². The van der Waals surface area contributed by atoms with Gasteiger partial charge in [0.25, 0.3) is 0 Å². The Balaban J connectivity index is 2.17. The molecule has 1 N–H and O–H groups in total. The lowest BCUT2D eigenvalue weighted by Gasteiger charge is -2.12. The van der Waals surface area contributed by atoms with Crippen LogP contribution in [0.1, 0.15) is 25.3 Å². The normalized spacial score (nSPS) is 16.9. The van der Waals surface area contributed by atoms with Crippen LogP contribution in [0, 0.1) is 0 Å². The Morgan fingerprint density at radius 2 is 2.06 bits per heavy atom. The fourth-order valence-corrected chi connectivity index (χ4v) is 1.80. The molecule has 0 saturated heterocycles. The Morgan fingerprint density at radius 3 is 2.62 bits per heavy atom. The highest BCUT2D eigenvalue weighted by atomic mass is 16.5. The molecule has 1 aromatic carbocycles. The van der Waals surface area contributed by atoms with Gasteiger partial charge in [0.2, 0.25) is 0 Å². The van der Waals surface area contributed by atoms with Crippen LogP contribution in [0.25, 0.3) is 0 Å². The van der Waals surface area contributed by atoms with Crippen molar-refractivity contribution in [3.05, 3.63) is 23.8 Å². The number of hydrogen-bond donors (Lipinski definition) is 1. The van der Waals surface area contributed by atoms with Crippen molar-refractivity contribution in [2.45, 2.75) is 31.8 Å². The molecule has 0 heterocycles. The molecule has 1 aliphatic carbocycles. The Bertz CT molecular complexity index is 369. The second kappa shape index (κ2) is 4.34. The zero-order valence-electron chi connectivity index (χ0n) is 9.82. The summed E-state index contributed by atoms with van der Waals surface area (Å²) in [6.07, 6.45) is 2.52. The van der Waals surface area contributed by atoms with E-state index in [9.17, 15) is 5.11 Å². The monoisotopic (exact) mass is 222 g/mol. The Hall–Kier alpha value is -1.22. The lowest BCUT2D eigenvalue weighted by molar-refractivity contribution is 0.151. The van der Waals surface area contributed by atoms with E-state index in [1.54, 1.807) is 7.11 Å². The van der Waals surface area contributed by atoms with Crippen LogP contribution in [0.3, 0.4) is 0 Å². The minimum atomic E-state index is -0.460. The predicted octanol–water partition coefficient (Wildman–Crippen LogP) is 2.16. The standard InChI is InChI=1S/C13H18O3/c1-3-16-12-8-10(4-5-11(12)15-2)9-13(14)6-7-13/h4-5,8,14H,3,6-7,9H2,1-2H3. The summed E-state index contributed by atoms with van der Waals surface area (Å²) in [5, 5.41) is 9.86. The third kappa shape index (κ3) is 2.47. The average Bonchev–Trinajstić information content (AvgIpc) is 2.97. The third-order valence-corrected chi connectivity index (χ3v) is 2.89. The molecule has 0 amide bonds. The van der Waals surface area contributed by atoms with Gasteiger partial charge in [0, 0.05) is 6.42 Å². The van der Waals surface area contributed by atoms with Crippen LogP contribution >= 0.6 is 0 Å². The molecule has 16 heavy (non-hydrogen) atoms. The molecular weight excluding hydrogens is 204 g/mol. The van der Waals surface area contributed by atoms with Gasteiger partial charge in [-0.2, -0.15) is 0 Å². The lowest BCUT2D eigenvalue weighted by Crippen LogP contribution is -2.10. The molecular formula is C13H18O3. The van der Waals surface area contributed by atoms with Gasteiger partial charge in [0.15, 0.2) is 11.5 Å². The van der Waals surface area contributed by atoms with E-state index in [0.29, 0.717) is 13.0 Å². The van der Waals surface area contributed by atoms with E-state index in [1.807, 2.05) is 25.1 Å². The first-order chi connectivity index (χ1) is 7.67. The van der Waals surface area contributed by atoms with Gasteiger partial charge in [-0.25, -0.2) is 0 Å². The molecule has 0 bridgehead atoms. The molecule has 0 atom stereocenters. The summed E-state index contributed by atoms with van der Waals surface area (Å²) in [6, 6.07) is 5.84. The van der Waals surface area contributed by atoms with Crippen LogP contribution in [0.4, 0.5) is 0 Å². The molecule has 1 saturated carbocycles. The van der Waals surface area contributed by atoms with Crippen molar-refractivity contribution in [2.24, 2.45) is 0 Å². The van der Waals surface area contributed by atoms with Crippen LogP contribution in [0.15, 0.2) is 18.2 Å². The SMILES string of the molecule is CCOc1cc(CC2(O)CC2)ccc1OC. The van der Waals surface area contributed by atoms with Crippen molar-refractivity contribution in [1.82, 2.24) is 0 Å². The van der Waals surface area contributed by atoms with Crippen molar-refractivity contribution in [1.29, 1.82) is 0 Å². The highest BCUT2D eigenvalue weighted by Crippen LogP contribution is 2.39. The Morgan fingerprint density at radius 1 is 1.31 bits per heavy atom. The second-order valence-corrected chi connectivity index (χ2v) is 4.32. The van der Waals surface area contributed by atoms with Gasteiger partial charge in [-0.15, -0.1) is 0 Å². The van der Waals surface area contributed by atoms with E-state index < -0.39 is 5.60 Å². The van der Waals surface area contributed by atoms with Crippen molar-refractivity contribution in [2.75, 3.05) is 13.7 Å². The maximum atomic E-state index is 9.86. The molecule has 0 spiro atoms. The summed E-state index contributed by atoms with van der Waals surface area (Å²) >= 11 is 0. The molecule has 0 unspecified atom stereocenters. The number of aliphatic hydroxyl groups is 1. The molecule has 1 aromatic rings. The summed E-state index contributed by atoms with van der Waals surface area (Å²) in [5.41, 5.74) is 0.641. The maximum absolute atomic E-state index is 9.86. The largest absolute Gasteiger partial charge is 0.493 e. The van der Waals surface area contributed by atoms with Gasteiger partial charge in [-0.3, -0.25) is 0 Å². The van der Waals surface area contributed by atoms with E-state index in [4.69, 9.17) is 9.47 Å². The van der Waals surface area contributed by atoms with Crippen molar-refractivity contribution in [3.63, 3.8) is 0 Å². The number of hydrogen-bond acceptors (Lipinski definition) is 3. The van der Waals surface area contributed by atoms with Gasteiger partial charge in [-0.05, 0) is 37.5 Å². The number of rotatable bonds is 5. The van der Waals surface area contributed by atoms with E-state index in [1.165, 1.54) is 0 Å². The van der Waals surface area contributed by atoms with Gasteiger partial charge >= 0.3 is 0 Å². The minimum Gasteiger partial charge on any atom is -0.493 e. The minimum absolute atomic E-state index is 0.460. The quantitative estimate of drug-likeness (QED) is 0.829. The van der Waals surface area contributed by atoms with Crippen LogP contribution in [-0.4, -0.2) is 24.4 Å².